The van der Waals surface area contributed by atoms with Crippen molar-refractivity contribution in [1.29, 1.82) is 0 Å². The standard InChI is InChI=1S/C52H92O29/c1-6-7-13-16-25(17-14-11-9-8-10-12-15-18-28(55)56)74-50-44(36(64)31(59)23(4)72-50)81-52-46(38(66)33(61)27(20-54)76-52)80-49-41(69)43(42(24(5)73-49)77-47-39(67)34(62)29(57)21(2)70-47)78-51-45(37(65)32(60)26(19-53)75-51)79-48-40(68)35(63)30(58)22(3)71-48/h21-27,29-54,57-69H,6-20H2,1-5H3,(H,55,56). The molecule has 6 rings (SSSR count). The highest BCUT2D eigenvalue weighted by Crippen LogP contribution is 2.39. The molecule has 0 spiro atoms. The molecule has 0 bridgehead atoms. The zero-order valence-corrected chi connectivity index (χ0v) is 46.5. The maximum absolute atomic E-state index is 12.4. The van der Waals surface area contributed by atoms with Gasteiger partial charge >= 0.3 is 5.97 Å². The van der Waals surface area contributed by atoms with Crippen LogP contribution in [0.15, 0.2) is 0 Å². The Labute approximate surface area is 470 Å². The van der Waals surface area contributed by atoms with E-state index in [1.165, 1.54) is 27.7 Å². The number of rotatable bonds is 28. The van der Waals surface area contributed by atoms with Crippen molar-refractivity contribution >= 4 is 5.97 Å². The normalized spacial score (nSPS) is 46.6. The monoisotopic (exact) mass is 1180 g/mol. The van der Waals surface area contributed by atoms with Crippen LogP contribution in [-0.4, -0.2) is 291 Å². The molecule has 31 unspecified atom stereocenters. The molecule has 6 fully saturated rings. The summed E-state index contributed by atoms with van der Waals surface area (Å²) < 4.78 is 73.1. The fourth-order valence-electron chi connectivity index (χ4n) is 11.0. The molecule has 474 valence electrons. The van der Waals surface area contributed by atoms with E-state index < -0.39 is 210 Å². The third kappa shape index (κ3) is 17.1. The van der Waals surface area contributed by atoms with Crippen molar-refractivity contribution in [2.24, 2.45) is 0 Å². The summed E-state index contributed by atoms with van der Waals surface area (Å²) in [4.78, 5) is 10.9. The second kappa shape index (κ2) is 31.9. The predicted octanol–water partition coefficient (Wildman–Crippen LogP) is -4.42. The molecule has 29 nitrogen and oxygen atoms in total. The largest absolute Gasteiger partial charge is 0.481 e. The lowest BCUT2D eigenvalue weighted by molar-refractivity contribution is -0.414. The van der Waals surface area contributed by atoms with E-state index in [1.807, 2.05) is 6.92 Å². The molecule has 0 aromatic heterocycles. The van der Waals surface area contributed by atoms with Gasteiger partial charge in [-0.1, -0.05) is 64.7 Å². The first-order chi connectivity index (χ1) is 38.4. The summed E-state index contributed by atoms with van der Waals surface area (Å²) >= 11 is 0. The van der Waals surface area contributed by atoms with Gasteiger partial charge < -0.3 is 139 Å². The van der Waals surface area contributed by atoms with Crippen molar-refractivity contribution < 1.29 is 143 Å². The number of ether oxygens (including phenoxy) is 12. The summed E-state index contributed by atoms with van der Waals surface area (Å²) in [5.41, 5.74) is 0. The zero-order valence-electron chi connectivity index (χ0n) is 46.5. The molecule has 0 aromatic rings. The lowest BCUT2D eigenvalue weighted by atomic mass is 9.95. The highest BCUT2D eigenvalue weighted by Gasteiger charge is 2.58. The molecule has 6 aliphatic rings. The number of carboxylic acids is 1. The summed E-state index contributed by atoms with van der Waals surface area (Å²) in [5.74, 6) is -0.823. The Bertz CT molecular complexity index is 1830. The Balaban J connectivity index is 1.28. The lowest BCUT2D eigenvalue weighted by Crippen LogP contribution is -2.69. The van der Waals surface area contributed by atoms with Crippen LogP contribution in [0.2, 0.25) is 0 Å². The molecule has 6 aliphatic heterocycles. The summed E-state index contributed by atoms with van der Waals surface area (Å²) in [6.07, 6.45) is -42.9. The van der Waals surface area contributed by atoms with Crippen LogP contribution in [0.25, 0.3) is 0 Å². The number of hydrogen-bond donors (Lipinski definition) is 16. The van der Waals surface area contributed by atoms with Gasteiger partial charge in [-0.3, -0.25) is 4.79 Å². The zero-order chi connectivity index (χ0) is 59.6. The first-order valence-electron chi connectivity index (χ1n) is 28.6. The van der Waals surface area contributed by atoms with Crippen molar-refractivity contribution in [3.8, 4) is 0 Å². The van der Waals surface area contributed by atoms with Gasteiger partial charge in [0.1, 0.15) is 122 Å². The van der Waals surface area contributed by atoms with E-state index in [-0.39, 0.29) is 6.42 Å². The highest BCUT2D eigenvalue weighted by atomic mass is 16.8. The smallest absolute Gasteiger partial charge is 0.303 e. The fourth-order valence-corrected chi connectivity index (χ4v) is 11.0. The van der Waals surface area contributed by atoms with Gasteiger partial charge in [-0.05, 0) is 47.0 Å². The summed E-state index contributed by atoms with van der Waals surface area (Å²) in [6, 6.07) is 0. The molecule has 6 heterocycles. The van der Waals surface area contributed by atoms with Crippen molar-refractivity contribution in [2.45, 2.75) is 308 Å². The third-order valence-corrected chi connectivity index (χ3v) is 16.1. The molecule has 0 aliphatic carbocycles. The fraction of sp³-hybridized carbons (Fsp3) is 0.981. The van der Waals surface area contributed by atoms with Crippen molar-refractivity contribution in [3.05, 3.63) is 0 Å². The molecule has 81 heavy (non-hydrogen) atoms. The lowest BCUT2D eigenvalue weighted by Gasteiger charge is -2.51. The van der Waals surface area contributed by atoms with E-state index >= 15 is 0 Å². The SMILES string of the molecule is CCCCCC(CCCCCCCCCC(=O)O)OC1OC(C)C(O)C(O)C1OC1OC(CO)C(O)C(O)C1OC1OC(C)C(OC2OC(C)C(O)C(O)C2O)C(OC2OC(CO)C(O)C(O)C2OC2OC(C)C(O)C(O)C2O)C1O. The van der Waals surface area contributed by atoms with Gasteiger partial charge in [0, 0.05) is 6.42 Å². The molecule has 0 radical (unpaired) electrons. The van der Waals surface area contributed by atoms with Gasteiger partial charge in [0.25, 0.3) is 0 Å². The Morgan fingerprint density at radius 1 is 0.370 bits per heavy atom. The van der Waals surface area contributed by atoms with Gasteiger partial charge in [-0.2, -0.15) is 0 Å². The van der Waals surface area contributed by atoms with Crippen LogP contribution in [0.4, 0.5) is 0 Å². The number of hydrogen-bond acceptors (Lipinski definition) is 28. The minimum Gasteiger partial charge on any atom is -0.481 e. The molecule has 6 saturated heterocycles. The summed E-state index contributed by atoms with van der Waals surface area (Å²) in [5, 5.41) is 174. The van der Waals surface area contributed by atoms with Gasteiger partial charge in [-0.25, -0.2) is 0 Å². The molecule has 29 heteroatoms. The Kier molecular flexibility index (Phi) is 26.9. The van der Waals surface area contributed by atoms with Crippen molar-refractivity contribution in [1.82, 2.24) is 0 Å². The number of aliphatic hydroxyl groups is 15. The van der Waals surface area contributed by atoms with Crippen LogP contribution in [-0.2, 0) is 61.6 Å². The second-order valence-electron chi connectivity index (χ2n) is 22.3. The van der Waals surface area contributed by atoms with E-state index in [9.17, 15) is 81.4 Å². The highest BCUT2D eigenvalue weighted by molar-refractivity contribution is 5.66. The van der Waals surface area contributed by atoms with Crippen LogP contribution in [0, 0.1) is 0 Å². The Morgan fingerprint density at radius 3 is 1.20 bits per heavy atom. The van der Waals surface area contributed by atoms with Crippen LogP contribution in [0.5, 0.6) is 0 Å². The minimum absolute atomic E-state index is 0.129. The molecule has 16 N–H and O–H groups in total. The second-order valence-corrected chi connectivity index (χ2v) is 22.3. The maximum Gasteiger partial charge on any atom is 0.303 e. The van der Waals surface area contributed by atoms with Gasteiger partial charge in [0.05, 0.1) is 43.7 Å². The summed E-state index contributed by atoms with van der Waals surface area (Å²) in [6.45, 7) is 5.82. The first kappa shape index (κ1) is 68.5. The molecule has 0 saturated carbocycles. The van der Waals surface area contributed by atoms with Crippen LogP contribution in [0.1, 0.15) is 118 Å². The molecule has 31 atom stereocenters. The van der Waals surface area contributed by atoms with E-state index in [0.717, 1.165) is 57.8 Å². The molecule has 0 aromatic carbocycles. The summed E-state index contributed by atoms with van der Waals surface area (Å²) in [7, 11) is 0. The Morgan fingerprint density at radius 2 is 0.728 bits per heavy atom. The molecule has 0 amide bonds. The van der Waals surface area contributed by atoms with E-state index in [4.69, 9.17) is 61.9 Å². The van der Waals surface area contributed by atoms with E-state index in [2.05, 4.69) is 0 Å². The molecular formula is C52H92O29. The Hall–Kier alpha value is -1.61. The van der Waals surface area contributed by atoms with Crippen LogP contribution >= 0.6 is 0 Å². The van der Waals surface area contributed by atoms with Gasteiger partial charge in [0.2, 0.25) is 0 Å². The first-order valence-corrected chi connectivity index (χ1v) is 28.6. The topological polar surface area (TPSA) is 452 Å². The predicted molar refractivity (Wildman–Crippen MR) is 269 cm³/mol. The van der Waals surface area contributed by atoms with Crippen LogP contribution in [0.3, 0.4) is 0 Å². The quantitative estimate of drug-likeness (QED) is 0.0329. The number of aliphatic hydroxyl groups excluding tert-OH is 15. The number of aliphatic carboxylic acids is 1. The van der Waals surface area contributed by atoms with Crippen molar-refractivity contribution in [2.75, 3.05) is 13.2 Å². The van der Waals surface area contributed by atoms with E-state index in [0.29, 0.717) is 19.3 Å². The van der Waals surface area contributed by atoms with E-state index in [1.54, 1.807) is 0 Å². The molecular weight excluding hydrogens is 1090 g/mol. The third-order valence-electron chi connectivity index (χ3n) is 16.1. The minimum atomic E-state index is -2.20. The van der Waals surface area contributed by atoms with Gasteiger partial charge in [-0.15, -0.1) is 0 Å². The number of carbonyl (C=O) groups is 1. The van der Waals surface area contributed by atoms with Crippen LogP contribution < -0.4 is 0 Å². The average molecular weight is 1180 g/mol. The van der Waals surface area contributed by atoms with Crippen molar-refractivity contribution in [3.63, 3.8) is 0 Å². The average Bonchev–Trinajstić information content (AvgIpc) is 3.52. The number of unbranched alkanes of at least 4 members (excludes halogenated alkanes) is 8. The number of carboxylic acid groups (broad SMARTS) is 1. The maximum atomic E-state index is 12.4. The van der Waals surface area contributed by atoms with Gasteiger partial charge in [0.15, 0.2) is 37.7 Å².